The number of aromatic nitrogens is 3. The molecule has 0 spiro atoms. The summed E-state index contributed by atoms with van der Waals surface area (Å²) >= 11 is 5.05. The Morgan fingerprint density at radius 2 is 2.07 bits per heavy atom. The maximum atomic E-state index is 6.34. The van der Waals surface area contributed by atoms with E-state index in [2.05, 4.69) is 36.4 Å². The number of fused-ring (bicyclic) bond motifs is 3. The second-order valence-electron chi connectivity index (χ2n) is 6.32. The lowest BCUT2D eigenvalue weighted by atomic mass is 10.1. The standard InChI is InChI=1S/C21H21BrN4O3S/c1-4-28-16-8-6-7-13(18(16)27-3)19-23-15-10-9-12(22)11-14(15)17-20(29-19)24-21(26-25-17)30-5-2/h6-11,19,23H,4-5H2,1-3H3/t19-/m0/s1. The number of para-hydroxylation sites is 1. The fourth-order valence-corrected chi connectivity index (χ4v) is 4.09. The molecule has 0 saturated carbocycles. The molecule has 1 aliphatic heterocycles. The van der Waals surface area contributed by atoms with Gasteiger partial charge in [-0.1, -0.05) is 40.7 Å². The Morgan fingerprint density at radius 3 is 2.83 bits per heavy atom. The van der Waals surface area contributed by atoms with Crippen molar-refractivity contribution in [1.29, 1.82) is 0 Å². The van der Waals surface area contributed by atoms with Crippen molar-refractivity contribution in [2.45, 2.75) is 25.2 Å². The molecular formula is C21H21BrN4O3S. The van der Waals surface area contributed by atoms with Crippen LogP contribution >= 0.6 is 27.7 Å². The largest absolute Gasteiger partial charge is 0.492 e. The van der Waals surface area contributed by atoms with Gasteiger partial charge in [0.15, 0.2) is 17.2 Å². The summed E-state index contributed by atoms with van der Waals surface area (Å²) in [5.74, 6) is 2.53. The summed E-state index contributed by atoms with van der Waals surface area (Å²) in [5.41, 5.74) is 3.10. The van der Waals surface area contributed by atoms with Gasteiger partial charge in [-0.2, -0.15) is 4.98 Å². The minimum absolute atomic E-state index is 0.416. The maximum Gasteiger partial charge on any atom is 0.247 e. The molecule has 2 heterocycles. The topological polar surface area (TPSA) is 78.4 Å². The maximum absolute atomic E-state index is 6.34. The van der Waals surface area contributed by atoms with E-state index < -0.39 is 6.23 Å². The van der Waals surface area contributed by atoms with Gasteiger partial charge in [0.2, 0.25) is 17.3 Å². The second kappa shape index (κ2) is 9.09. The Hall–Kier alpha value is -2.52. The molecule has 30 heavy (non-hydrogen) atoms. The summed E-state index contributed by atoms with van der Waals surface area (Å²) in [6, 6.07) is 11.6. The van der Waals surface area contributed by atoms with Crippen LogP contribution in [-0.4, -0.2) is 34.7 Å². The number of hydrogen-bond donors (Lipinski definition) is 1. The number of hydrogen-bond acceptors (Lipinski definition) is 8. The Labute approximate surface area is 187 Å². The van der Waals surface area contributed by atoms with E-state index >= 15 is 0 Å². The quantitative estimate of drug-likeness (QED) is 0.466. The fourth-order valence-electron chi connectivity index (χ4n) is 3.23. The van der Waals surface area contributed by atoms with Gasteiger partial charge in [0.05, 0.1) is 19.3 Å². The SMILES string of the molecule is CCOc1cccc([C@H]2Nc3ccc(Br)cc3-c3nnc(SCC)nc3O2)c1OC. The minimum Gasteiger partial charge on any atom is -0.492 e. The van der Waals surface area contributed by atoms with Crippen LogP contribution in [0.15, 0.2) is 46.0 Å². The number of rotatable bonds is 6. The third kappa shape index (κ3) is 4.04. The van der Waals surface area contributed by atoms with Gasteiger partial charge in [-0.15, -0.1) is 10.2 Å². The van der Waals surface area contributed by atoms with Crippen LogP contribution in [0.3, 0.4) is 0 Å². The first-order valence-corrected chi connectivity index (χ1v) is 11.3. The first-order valence-electron chi connectivity index (χ1n) is 9.54. The number of methoxy groups -OCH3 is 1. The molecule has 0 aliphatic carbocycles. The molecule has 0 bridgehead atoms. The van der Waals surface area contributed by atoms with Crippen LogP contribution in [0.1, 0.15) is 25.6 Å². The molecule has 4 rings (SSSR count). The van der Waals surface area contributed by atoms with Crippen LogP contribution in [0, 0.1) is 0 Å². The zero-order valence-corrected chi connectivity index (χ0v) is 19.2. The zero-order chi connectivity index (χ0) is 21.1. The fraction of sp³-hybridized carbons (Fsp3) is 0.286. The van der Waals surface area contributed by atoms with Crippen molar-refractivity contribution >= 4 is 33.4 Å². The molecule has 1 N–H and O–H groups in total. The molecule has 0 fully saturated rings. The summed E-state index contributed by atoms with van der Waals surface area (Å²) < 4.78 is 18.7. The molecule has 7 nitrogen and oxygen atoms in total. The van der Waals surface area contributed by atoms with Crippen LogP contribution in [-0.2, 0) is 0 Å². The average Bonchev–Trinajstić information content (AvgIpc) is 2.90. The predicted octanol–water partition coefficient (Wildman–Crippen LogP) is 5.32. The Balaban J connectivity index is 1.86. The highest BCUT2D eigenvalue weighted by molar-refractivity contribution is 9.10. The van der Waals surface area contributed by atoms with Crippen molar-refractivity contribution < 1.29 is 14.2 Å². The number of nitrogens with zero attached hydrogens (tertiary/aromatic N) is 3. The van der Waals surface area contributed by atoms with E-state index in [9.17, 15) is 0 Å². The molecule has 0 saturated heterocycles. The van der Waals surface area contributed by atoms with E-state index in [1.54, 1.807) is 7.11 Å². The van der Waals surface area contributed by atoms with E-state index in [0.29, 0.717) is 34.8 Å². The molecule has 1 atom stereocenters. The normalized spacial score (nSPS) is 14.6. The van der Waals surface area contributed by atoms with Gasteiger partial charge in [0.25, 0.3) is 0 Å². The van der Waals surface area contributed by atoms with Gasteiger partial charge < -0.3 is 19.5 Å². The lowest BCUT2D eigenvalue weighted by Crippen LogP contribution is -2.18. The van der Waals surface area contributed by atoms with Gasteiger partial charge in [0.1, 0.15) is 0 Å². The van der Waals surface area contributed by atoms with Crippen LogP contribution < -0.4 is 19.5 Å². The van der Waals surface area contributed by atoms with Gasteiger partial charge in [-0.25, -0.2) is 0 Å². The summed E-state index contributed by atoms with van der Waals surface area (Å²) in [6.45, 7) is 4.51. The summed E-state index contributed by atoms with van der Waals surface area (Å²) in [4.78, 5) is 4.62. The Kier molecular flexibility index (Phi) is 6.29. The minimum atomic E-state index is -0.558. The van der Waals surface area contributed by atoms with Crippen molar-refractivity contribution in [3.8, 4) is 28.6 Å². The number of benzene rings is 2. The zero-order valence-electron chi connectivity index (χ0n) is 16.8. The molecular weight excluding hydrogens is 468 g/mol. The molecule has 1 aromatic heterocycles. The molecule has 156 valence electrons. The van der Waals surface area contributed by atoms with E-state index in [1.165, 1.54) is 11.8 Å². The lowest BCUT2D eigenvalue weighted by Gasteiger charge is -2.22. The summed E-state index contributed by atoms with van der Waals surface area (Å²) in [5, 5.41) is 12.7. The van der Waals surface area contributed by atoms with Gasteiger partial charge >= 0.3 is 0 Å². The Bertz CT molecular complexity index is 1070. The van der Waals surface area contributed by atoms with Crippen molar-refractivity contribution in [2.75, 3.05) is 24.8 Å². The highest BCUT2D eigenvalue weighted by Gasteiger charge is 2.29. The molecule has 2 aromatic carbocycles. The number of nitrogens with one attached hydrogen (secondary N) is 1. The number of halogens is 1. The molecule has 9 heteroatoms. The van der Waals surface area contributed by atoms with E-state index in [-0.39, 0.29) is 0 Å². The van der Waals surface area contributed by atoms with Crippen LogP contribution in [0.2, 0.25) is 0 Å². The second-order valence-corrected chi connectivity index (χ2v) is 8.47. The van der Waals surface area contributed by atoms with E-state index in [0.717, 1.165) is 27.0 Å². The molecule has 1 aliphatic rings. The van der Waals surface area contributed by atoms with E-state index in [1.807, 2.05) is 50.2 Å². The van der Waals surface area contributed by atoms with Crippen molar-refractivity contribution in [3.05, 3.63) is 46.4 Å². The molecule has 0 radical (unpaired) electrons. The van der Waals surface area contributed by atoms with Crippen molar-refractivity contribution in [2.24, 2.45) is 0 Å². The van der Waals surface area contributed by atoms with Crippen molar-refractivity contribution in [1.82, 2.24) is 15.2 Å². The number of thioether (sulfide) groups is 1. The first-order chi connectivity index (χ1) is 14.6. The predicted molar refractivity (Wildman–Crippen MR) is 121 cm³/mol. The lowest BCUT2D eigenvalue weighted by molar-refractivity contribution is 0.217. The van der Waals surface area contributed by atoms with Gasteiger partial charge in [-0.3, -0.25) is 0 Å². The number of ether oxygens (including phenoxy) is 3. The van der Waals surface area contributed by atoms with Crippen LogP contribution in [0.4, 0.5) is 5.69 Å². The molecule has 0 unspecified atom stereocenters. The Morgan fingerprint density at radius 1 is 1.20 bits per heavy atom. The third-order valence-corrected chi connectivity index (χ3v) is 5.67. The molecule has 3 aromatic rings. The smallest absolute Gasteiger partial charge is 0.247 e. The van der Waals surface area contributed by atoms with Crippen molar-refractivity contribution in [3.63, 3.8) is 0 Å². The first kappa shape index (κ1) is 20.7. The average molecular weight is 489 g/mol. The van der Waals surface area contributed by atoms with E-state index in [4.69, 9.17) is 14.2 Å². The van der Waals surface area contributed by atoms with Crippen LogP contribution in [0.5, 0.6) is 17.4 Å². The highest BCUT2D eigenvalue weighted by atomic mass is 79.9. The van der Waals surface area contributed by atoms with Crippen LogP contribution in [0.25, 0.3) is 11.3 Å². The van der Waals surface area contributed by atoms with Gasteiger partial charge in [-0.05, 0) is 43.0 Å². The third-order valence-electron chi connectivity index (χ3n) is 4.46. The number of anilines is 1. The summed E-state index contributed by atoms with van der Waals surface area (Å²) in [7, 11) is 1.62. The highest BCUT2D eigenvalue weighted by Crippen LogP contribution is 2.43. The monoisotopic (exact) mass is 488 g/mol. The molecule has 0 amide bonds. The van der Waals surface area contributed by atoms with Gasteiger partial charge in [0, 0.05) is 15.7 Å². The summed E-state index contributed by atoms with van der Waals surface area (Å²) in [6.07, 6.45) is -0.558.